The molecule has 0 aliphatic heterocycles. The van der Waals surface area contributed by atoms with Gasteiger partial charge in [0, 0.05) is 12.6 Å². The van der Waals surface area contributed by atoms with E-state index in [0.717, 1.165) is 19.3 Å². The van der Waals surface area contributed by atoms with Gasteiger partial charge in [-0.3, -0.25) is 19.0 Å². The normalized spacial score (nSPS) is 10.2. The van der Waals surface area contributed by atoms with Crippen LogP contribution in [-0.2, 0) is 16.3 Å². The second-order valence-corrected chi connectivity index (χ2v) is 4.36. The van der Waals surface area contributed by atoms with Gasteiger partial charge in [0.2, 0.25) is 0 Å². The van der Waals surface area contributed by atoms with E-state index >= 15 is 0 Å². The van der Waals surface area contributed by atoms with Crippen LogP contribution in [0.5, 0.6) is 0 Å². The summed E-state index contributed by atoms with van der Waals surface area (Å²) in [4.78, 5) is 34.5. The van der Waals surface area contributed by atoms with Crippen LogP contribution >= 0.6 is 0 Å². The zero-order chi connectivity index (χ0) is 14.3. The molecule has 0 aliphatic rings. The minimum absolute atomic E-state index is 0.101. The van der Waals surface area contributed by atoms with Gasteiger partial charge in [-0.15, -0.1) is 0 Å². The van der Waals surface area contributed by atoms with Crippen LogP contribution < -0.4 is 5.56 Å². The first-order valence-corrected chi connectivity index (χ1v) is 6.42. The van der Waals surface area contributed by atoms with Crippen molar-refractivity contribution in [2.45, 2.75) is 46.3 Å². The molecule has 0 radical (unpaired) electrons. The number of carbonyl (C=O) groups is 2. The van der Waals surface area contributed by atoms with E-state index in [2.05, 4.69) is 6.92 Å². The highest BCUT2D eigenvalue weighted by Gasteiger charge is 2.08. The van der Waals surface area contributed by atoms with Gasteiger partial charge in [0.05, 0.1) is 5.56 Å². The van der Waals surface area contributed by atoms with Crippen LogP contribution in [0.3, 0.4) is 0 Å². The van der Waals surface area contributed by atoms with Gasteiger partial charge in [0.25, 0.3) is 5.56 Å². The summed E-state index contributed by atoms with van der Waals surface area (Å²) in [6.07, 6.45) is 4.66. The number of rotatable bonds is 7. The number of Topliss-reactive ketones (excluding diaryl/α,β-unsaturated/α-hetero) is 1. The highest BCUT2D eigenvalue weighted by Crippen LogP contribution is 2.01. The second kappa shape index (κ2) is 7.51. The maximum absolute atomic E-state index is 11.8. The van der Waals surface area contributed by atoms with E-state index in [1.165, 1.54) is 23.8 Å². The Morgan fingerprint density at radius 2 is 2.05 bits per heavy atom. The fraction of sp³-hybridized carbons (Fsp3) is 0.500. The molecule has 0 spiro atoms. The molecule has 0 fully saturated rings. The molecule has 5 nitrogen and oxygen atoms in total. The Hall–Kier alpha value is -1.91. The molecular formula is C14H19NO4. The van der Waals surface area contributed by atoms with Crippen molar-refractivity contribution in [3.63, 3.8) is 0 Å². The number of pyridine rings is 1. The molecule has 0 amide bonds. The average molecular weight is 265 g/mol. The predicted molar refractivity (Wildman–Crippen MR) is 70.9 cm³/mol. The smallest absolute Gasteiger partial charge is 0.307 e. The Morgan fingerprint density at radius 3 is 2.68 bits per heavy atom. The van der Waals surface area contributed by atoms with Crippen LogP contribution in [0.2, 0.25) is 0 Å². The minimum Gasteiger partial charge on any atom is -0.444 e. The highest BCUT2D eigenvalue weighted by atomic mass is 16.5. The molecule has 1 aromatic rings. The fourth-order valence-corrected chi connectivity index (χ4v) is 1.64. The lowest BCUT2D eigenvalue weighted by Crippen LogP contribution is -2.26. The number of nitrogens with zero attached hydrogens (tertiary/aromatic N) is 1. The Balaban J connectivity index is 2.59. The van der Waals surface area contributed by atoms with Crippen molar-refractivity contribution in [3.05, 3.63) is 34.2 Å². The summed E-state index contributed by atoms with van der Waals surface area (Å²) in [5.41, 5.74) is -0.333. The van der Waals surface area contributed by atoms with Gasteiger partial charge in [0.1, 0.15) is 0 Å². The number of hydrogen-bond donors (Lipinski definition) is 0. The third-order valence-corrected chi connectivity index (χ3v) is 2.75. The first-order valence-electron chi connectivity index (χ1n) is 6.42. The summed E-state index contributed by atoms with van der Waals surface area (Å²) < 4.78 is 6.22. The summed E-state index contributed by atoms with van der Waals surface area (Å²) in [5, 5.41) is 0. The van der Waals surface area contributed by atoms with E-state index in [0.29, 0.717) is 6.42 Å². The molecule has 19 heavy (non-hydrogen) atoms. The standard InChI is InChI=1S/C14H19NO4/c1-3-4-5-8-13(17)19-10-15-9-6-7-12(11(2)16)14(15)18/h6-7,9H,3-5,8,10H2,1-2H3. The Labute approximate surface area is 112 Å². The van der Waals surface area contributed by atoms with Crippen molar-refractivity contribution in [1.82, 2.24) is 4.57 Å². The van der Waals surface area contributed by atoms with Crippen LogP contribution in [0.1, 0.15) is 49.9 Å². The van der Waals surface area contributed by atoms with E-state index in [9.17, 15) is 14.4 Å². The molecule has 0 saturated carbocycles. The summed E-state index contributed by atoms with van der Waals surface area (Å²) in [6, 6.07) is 3.05. The van der Waals surface area contributed by atoms with Crippen molar-refractivity contribution in [2.24, 2.45) is 0 Å². The van der Waals surface area contributed by atoms with Crippen molar-refractivity contribution in [3.8, 4) is 0 Å². The Kier molecular flexibility index (Phi) is 5.99. The largest absolute Gasteiger partial charge is 0.444 e. The van der Waals surface area contributed by atoms with Crippen molar-refractivity contribution < 1.29 is 14.3 Å². The van der Waals surface area contributed by atoms with Crippen molar-refractivity contribution in [2.75, 3.05) is 0 Å². The lowest BCUT2D eigenvalue weighted by molar-refractivity contribution is -0.147. The second-order valence-electron chi connectivity index (χ2n) is 4.36. The van der Waals surface area contributed by atoms with E-state index in [1.54, 1.807) is 6.07 Å². The molecule has 0 N–H and O–H groups in total. The van der Waals surface area contributed by atoms with Gasteiger partial charge in [-0.05, 0) is 25.5 Å². The van der Waals surface area contributed by atoms with Crippen LogP contribution in [0.25, 0.3) is 0 Å². The predicted octanol–water partition coefficient (Wildman–Crippen LogP) is 2.13. The Morgan fingerprint density at radius 1 is 1.32 bits per heavy atom. The zero-order valence-corrected chi connectivity index (χ0v) is 11.3. The van der Waals surface area contributed by atoms with Crippen LogP contribution in [0.15, 0.2) is 23.1 Å². The zero-order valence-electron chi connectivity index (χ0n) is 11.3. The van der Waals surface area contributed by atoms with Gasteiger partial charge in [-0.25, -0.2) is 0 Å². The summed E-state index contributed by atoms with van der Waals surface area (Å²) in [7, 11) is 0. The maximum atomic E-state index is 11.8. The average Bonchev–Trinajstić information content (AvgIpc) is 2.37. The summed E-state index contributed by atoms with van der Waals surface area (Å²) in [6.45, 7) is 3.24. The van der Waals surface area contributed by atoms with Crippen LogP contribution in [0, 0.1) is 0 Å². The molecule has 0 aliphatic carbocycles. The number of esters is 1. The third kappa shape index (κ3) is 4.69. The van der Waals surface area contributed by atoms with Crippen LogP contribution in [0.4, 0.5) is 0 Å². The van der Waals surface area contributed by atoms with E-state index in [-0.39, 0.29) is 24.0 Å². The first-order chi connectivity index (χ1) is 9.06. The molecule has 104 valence electrons. The molecule has 0 atom stereocenters. The first kappa shape index (κ1) is 15.1. The lowest BCUT2D eigenvalue weighted by atomic mass is 10.2. The number of aromatic nitrogens is 1. The molecule has 5 heteroatoms. The maximum Gasteiger partial charge on any atom is 0.307 e. The molecule has 1 rings (SSSR count). The molecular weight excluding hydrogens is 246 g/mol. The van der Waals surface area contributed by atoms with Crippen LogP contribution in [-0.4, -0.2) is 16.3 Å². The topological polar surface area (TPSA) is 65.4 Å². The fourth-order valence-electron chi connectivity index (χ4n) is 1.64. The minimum atomic E-state index is -0.434. The van der Waals surface area contributed by atoms with Gasteiger partial charge in [-0.2, -0.15) is 0 Å². The molecule has 1 aromatic heterocycles. The van der Waals surface area contributed by atoms with Crippen molar-refractivity contribution >= 4 is 11.8 Å². The molecule has 0 unspecified atom stereocenters. The summed E-state index contributed by atoms with van der Waals surface area (Å²) >= 11 is 0. The van der Waals surface area contributed by atoms with Crippen molar-refractivity contribution in [1.29, 1.82) is 0 Å². The Bertz CT molecular complexity index is 504. The highest BCUT2D eigenvalue weighted by molar-refractivity contribution is 5.93. The molecule has 1 heterocycles. The lowest BCUT2D eigenvalue weighted by Gasteiger charge is -2.08. The number of unbranched alkanes of at least 4 members (excludes halogenated alkanes) is 2. The summed E-state index contributed by atoms with van der Waals surface area (Å²) in [5.74, 6) is -0.623. The van der Waals surface area contributed by atoms with Gasteiger partial charge < -0.3 is 4.74 Å². The van der Waals surface area contributed by atoms with E-state index in [1.807, 2.05) is 0 Å². The van der Waals surface area contributed by atoms with Gasteiger partial charge >= 0.3 is 5.97 Å². The third-order valence-electron chi connectivity index (χ3n) is 2.75. The molecule has 0 bridgehead atoms. The number of hydrogen-bond acceptors (Lipinski definition) is 4. The SMILES string of the molecule is CCCCCC(=O)OCn1cccc(C(C)=O)c1=O. The molecule has 0 saturated heterocycles. The number of ketones is 1. The van der Waals surface area contributed by atoms with Gasteiger partial charge in [0.15, 0.2) is 12.5 Å². The van der Waals surface area contributed by atoms with E-state index < -0.39 is 5.56 Å². The monoisotopic (exact) mass is 265 g/mol. The number of carbonyl (C=O) groups excluding carboxylic acids is 2. The quantitative estimate of drug-likeness (QED) is 0.430. The van der Waals surface area contributed by atoms with E-state index in [4.69, 9.17) is 4.74 Å². The molecule has 0 aromatic carbocycles. The van der Waals surface area contributed by atoms with Gasteiger partial charge in [-0.1, -0.05) is 19.8 Å². The number of ether oxygens (including phenoxy) is 1.